The number of thioether (sulfide) groups is 1. The van der Waals surface area contributed by atoms with Crippen LogP contribution in [0.2, 0.25) is 0 Å². The number of aryl methyl sites for hydroxylation is 1. The first-order chi connectivity index (χ1) is 28.3. The van der Waals surface area contributed by atoms with Crippen LogP contribution in [0.25, 0.3) is 0 Å². The quantitative estimate of drug-likeness (QED) is 0.0798. The van der Waals surface area contributed by atoms with Gasteiger partial charge in [-0.1, -0.05) is 25.5 Å². The Morgan fingerprint density at radius 1 is 1.02 bits per heavy atom. The molecule has 0 aromatic heterocycles. The minimum atomic E-state index is -1.18. The molecule has 59 heavy (non-hydrogen) atoms. The van der Waals surface area contributed by atoms with Crippen molar-refractivity contribution in [2.24, 2.45) is 11.8 Å². The summed E-state index contributed by atoms with van der Waals surface area (Å²) in [5, 5.41) is 29.0. The third-order valence-electron chi connectivity index (χ3n) is 11.2. The first kappa shape index (κ1) is 45.4. The summed E-state index contributed by atoms with van der Waals surface area (Å²) in [7, 11) is 4.98. The summed E-state index contributed by atoms with van der Waals surface area (Å²) in [5.74, 6) is -1.45. The summed E-state index contributed by atoms with van der Waals surface area (Å²) in [4.78, 5) is 67.2. The number of aliphatic hydroxyl groups is 1. The topological polar surface area (TPSA) is 196 Å². The standard InChI is InChI=1S/C43H59N5O10S/c1-26-37-36(27(2)49)42(53)48(37)38(43(54)55)39(26)59-31-24-32(45-25-31)40(51)46-30-14-11-13-29(23-30)41(52)47(3)19-9-6-7-15-35(50)44-18-21-58-20-10-8-12-28-16-17-33(56-4)34(22-28)57-5/h11,13-14,16-17,22-23,26-27,31-32,36-37,45,49H,6-10,12,15,18-21,24-25H2,1-5H3,(H,44,50)(H,46,51)(H,54,55)/t26-,27-,31+,32+,36-,37?/m1/s1. The number of methoxy groups -OCH3 is 2. The van der Waals surface area contributed by atoms with Gasteiger partial charge in [-0.15, -0.1) is 11.8 Å². The van der Waals surface area contributed by atoms with E-state index in [9.17, 15) is 34.2 Å². The van der Waals surface area contributed by atoms with E-state index in [2.05, 4.69) is 16.0 Å². The van der Waals surface area contributed by atoms with Crippen molar-refractivity contribution in [2.75, 3.05) is 59.4 Å². The number of nitrogens with one attached hydrogen (secondary N) is 3. The van der Waals surface area contributed by atoms with Crippen LogP contribution in [-0.2, 0) is 30.3 Å². The van der Waals surface area contributed by atoms with Crippen LogP contribution in [0, 0.1) is 11.8 Å². The minimum Gasteiger partial charge on any atom is -0.493 e. The fraction of sp³-hybridized carbons (Fsp3) is 0.558. The van der Waals surface area contributed by atoms with Gasteiger partial charge in [0.2, 0.25) is 17.7 Å². The van der Waals surface area contributed by atoms with Crippen LogP contribution in [-0.4, -0.2) is 127 Å². The number of hydrogen-bond acceptors (Lipinski definition) is 11. The van der Waals surface area contributed by atoms with Crippen molar-refractivity contribution in [2.45, 2.75) is 88.7 Å². The van der Waals surface area contributed by atoms with Gasteiger partial charge in [0.1, 0.15) is 5.70 Å². The van der Waals surface area contributed by atoms with E-state index >= 15 is 0 Å². The molecule has 0 radical (unpaired) electrons. The molecular formula is C43H59N5O10S. The molecule has 5 rings (SSSR count). The van der Waals surface area contributed by atoms with Crippen molar-refractivity contribution in [1.29, 1.82) is 0 Å². The average molecular weight is 838 g/mol. The van der Waals surface area contributed by atoms with Crippen molar-refractivity contribution >= 4 is 47.0 Å². The number of carboxylic acids is 1. The molecule has 322 valence electrons. The first-order valence-corrected chi connectivity index (χ1v) is 21.3. The average Bonchev–Trinajstić information content (AvgIpc) is 3.78. The number of carboxylic acid groups (broad SMARTS) is 1. The molecule has 0 bridgehead atoms. The summed E-state index contributed by atoms with van der Waals surface area (Å²) in [6.45, 7) is 5.97. The Morgan fingerprint density at radius 2 is 1.80 bits per heavy atom. The maximum atomic E-state index is 13.3. The van der Waals surface area contributed by atoms with Crippen LogP contribution in [0.5, 0.6) is 11.5 Å². The molecule has 2 fully saturated rings. The van der Waals surface area contributed by atoms with Crippen molar-refractivity contribution in [3.8, 4) is 11.5 Å². The Kier molecular flexibility index (Phi) is 16.6. The Bertz CT molecular complexity index is 1860. The number of carbonyl (C=O) groups excluding carboxylic acids is 4. The molecule has 3 heterocycles. The Morgan fingerprint density at radius 3 is 2.53 bits per heavy atom. The number of ether oxygens (including phenoxy) is 3. The summed E-state index contributed by atoms with van der Waals surface area (Å²) < 4.78 is 16.3. The Hall–Kier alpha value is -4.64. The molecule has 16 heteroatoms. The number of hydrogen-bond donors (Lipinski definition) is 5. The van der Waals surface area contributed by atoms with Gasteiger partial charge in [-0.25, -0.2) is 4.79 Å². The van der Waals surface area contributed by atoms with E-state index in [1.807, 2.05) is 25.1 Å². The molecule has 6 atom stereocenters. The number of nitrogens with zero attached hydrogens (tertiary/aromatic N) is 2. The Labute approximate surface area is 350 Å². The van der Waals surface area contributed by atoms with Gasteiger partial charge in [0.25, 0.3) is 5.91 Å². The van der Waals surface area contributed by atoms with E-state index in [-0.39, 0.29) is 46.5 Å². The number of aliphatic hydroxyl groups excluding tert-OH is 1. The largest absolute Gasteiger partial charge is 0.493 e. The number of anilines is 1. The molecule has 15 nitrogen and oxygen atoms in total. The highest BCUT2D eigenvalue weighted by Crippen LogP contribution is 2.51. The van der Waals surface area contributed by atoms with E-state index in [0.717, 1.165) is 37.9 Å². The fourth-order valence-corrected chi connectivity index (χ4v) is 9.44. The predicted molar refractivity (Wildman–Crippen MR) is 224 cm³/mol. The summed E-state index contributed by atoms with van der Waals surface area (Å²) in [5.41, 5.74) is 2.08. The van der Waals surface area contributed by atoms with Crippen LogP contribution in [0.15, 0.2) is 53.1 Å². The van der Waals surface area contributed by atoms with E-state index in [0.29, 0.717) is 74.0 Å². The second-order valence-electron chi connectivity index (χ2n) is 15.4. The molecule has 0 saturated carbocycles. The maximum Gasteiger partial charge on any atom is 0.353 e. The molecular weight excluding hydrogens is 779 g/mol. The zero-order valence-corrected chi connectivity index (χ0v) is 35.5. The molecule has 2 aromatic carbocycles. The normalized spacial score (nSPS) is 21.4. The molecule has 3 aliphatic heterocycles. The van der Waals surface area contributed by atoms with Crippen LogP contribution in [0.4, 0.5) is 5.69 Å². The minimum absolute atomic E-state index is 0.0187. The molecule has 3 aliphatic rings. The first-order valence-electron chi connectivity index (χ1n) is 20.4. The van der Waals surface area contributed by atoms with Crippen molar-refractivity contribution < 1.29 is 48.4 Å². The number of carbonyl (C=O) groups is 5. The van der Waals surface area contributed by atoms with Crippen LogP contribution in [0.1, 0.15) is 74.7 Å². The molecule has 2 saturated heterocycles. The second-order valence-corrected chi connectivity index (χ2v) is 16.8. The highest BCUT2D eigenvalue weighted by atomic mass is 32.2. The maximum absolute atomic E-state index is 13.3. The fourth-order valence-electron chi connectivity index (χ4n) is 7.97. The van der Waals surface area contributed by atoms with Gasteiger partial charge < -0.3 is 50.2 Å². The molecule has 2 aromatic rings. The highest BCUT2D eigenvalue weighted by Gasteiger charge is 2.60. The van der Waals surface area contributed by atoms with Crippen molar-refractivity contribution in [3.63, 3.8) is 0 Å². The number of amides is 4. The van der Waals surface area contributed by atoms with Gasteiger partial charge in [-0.3, -0.25) is 19.2 Å². The molecule has 0 spiro atoms. The SMILES string of the molecule is COc1ccc(CCCCOCCNC(=O)CCCCCN(C)C(=O)c2cccc(NC(=O)[C@@H]3C[C@H](SC4=C(C(=O)O)N5C(=O)[C@H]([C@@H](C)O)C5[C@H]4C)CN3)c2)cc1OC. The number of benzene rings is 2. The number of unbranched alkanes of at least 4 members (excludes halogenated alkanes) is 3. The third kappa shape index (κ3) is 11.6. The molecule has 5 N–H and O–H groups in total. The van der Waals surface area contributed by atoms with Gasteiger partial charge in [0.05, 0.1) is 44.9 Å². The highest BCUT2D eigenvalue weighted by molar-refractivity contribution is 8.03. The van der Waals surface area contributed by atoms with Crippen LogP contribution < -0.4 is 25.4 Å². The summed E-state index contributed by atoms with van der Waals surface area (Å²) in [6, 6.07) is 11.8. The summed E-state index contributed by atoms with van der Waals surface area (Å²) in [6.07, 6.45) is 5.03. The second kappa shape index (κ2) is 21.6. The number of β-lactam (4-membered cyclic amide) rings is 1. The van der Waals surface area contributed by atoms with Crippen molar-refractivity contribution in [3.05, 3.63) is 64.2 Å². The number of fused-ring (bicyclic) bond motifs is 1. The molecule has 0 aliphatic carbocycles. The van der Waals surface area contributed by atoms with Gasteiger partial charge in [0, 0.05) is 67.0 Å². The van der Waals surface area contributed by atoms with Gasteiger partial charge in [-0.05, 0) is 81.3 Å². The number of rotatable bonds is 23. The van der Waals surface area contributed by atoms with E-state index in [4.69, 9.17) is 14.2 Å². The molecule has 4 amide bonds. The predicted octanol–water partition coefficient (Wildman–Crippen LogP) is 4.05. The van der Waals surface area contributed by atoms with Gasteiger partial charge in [-0.2, -0.15) is 0 Å². The zero-order chi connectivity index (χ0) is 42.6. The lowest BCUT2D eigenvalue weighted by atomic mass is 9.79. The van der Waals surface area contributed by atoms with E-state index in [1.54, 1.807) is 57.4 Å². The number of aliphatic carboxylic acids is 1. The van der Waals surface area contributed by atoms with E-state index < -0.39 is 24.0 Å². The third-order valence-corrected chi connectivity index (χ3v) is 12.7. The van der Waals surface area contributed by atoms with Gasteiger partial charge >= 0.3 is 5.97 Å². The molecule has 1 unspecified atom stereocenters. The summed E-state index contributed by atoms with van der Waals surface area (Å²) >= 11 is 1.38. The zero-order valence-electron chi connectivity index (χ0n) is 34.7. The smallest absolute Gasteiger partial charge is 0.353 e. The van der Waals surface area contributed by atoms with E-state index in [1.165, 1.54) is 22.2 Å². The monoisotopic (exact) mass is 837 g/mol. The lowest BCUT2D eigenvalue weighted by Crippen LogP contribution is -2.63. The lowest BCUT2D eigenvalue weighted by Gasteiger charge is -2.46. The lowest BCUT2D eigenvalue weighted by molar-refractivity contribution is -0.163. The van der Waals surface area contributed by atoms with Crippen molar-refractivity contribution in [1.82, 2.24) is 20.4 Å². The Balaban J connectivity index is 0.940. The van der Waals surface area contributed by atoms with Gasteiger partial charge in [0.15, 0.2) is 11.5 Å². The van der Waals surface area contributed by atoms with Crippen LogP contribution in [0.3, 0.4) is 0 Å². The van der Waals surface area contributed by atoms with Crippen LogP contribution >= 0.6 is 11.8 Å².